The summed E-state index contributed by atoms with van der Waals surface area (Å²) in [7, 11) is 0. The Morgan fingerprint density at radius 2 is 1.86 bits per heavy atom. The Balaban J connectivity index is 1.33. The highest BCUT2D eigenvalue weighted by molar-refractivity contribution is 5.97. The first kappa shape index (κ1) is 23.8. The fourth-order valence-electron chi connectivity index (χ4n) is 6.68. The first-order valence-corrected chi connectivity index (χ1v) is 13.3. The van der Waals surface area contributed by atoms with E-state index in [2.05, 4.69) is 21.3 Å². The molecule has 2 bridgehead atoms. The average Bonchev–Trinajstić information content (AvgIpc) is 2.88. The number of benzene rings is 1. The first-order valence-electron chi connectivity index (χ1n) is 13.3. The molecule has 2 aliphatic carbocycles. The van der Waals surface area contributed by atoms with Gasteiger partial charge in [-0.2, -0.15) is 0 Å². The van der Waals surface area contributed by atoms with Crippen LogP contribution in [0.1, 0.15) is 73.7 Å². The molecule has 2 aromatic rings. The number of amides is 1. The Labute approximate surface area is 208 Å². The molecular formula is C29H37N3O3. The summed E-state index contributed by atoms with van der Waals surface area (Å²) in [6.07, 6.45) is 12.1. The Bertz CT molecular complexity index is 1080. The molecule has 1 aromatic heterocycles. The van der Waals surface area contributed by atoms with Gasteiger partial charge in [0.15, 0.2) is 0 Å². The number of hydrogen-bond donors (Lipinski definition) is 2. The van der Waals surface area contributed by atoms with Gasteiger partial charge >= 0.3 is 5.97 Å². The van der Waals surface area contributed by atoms with Crippen molar-refractivity contribution in [2.45, 2.75) is 64.7 Å². The van der Waals surface area contributed by atoms with Crippen LogP contribution in [0.15, 0.2) is 36.5 Å². The molecular weight excluding hydrogens is 438 g/mol. The standard InChI is InChI=1S/C29H37N3O3/c1-20-8-9-23(24-7-4-14-30-26(24)32-15-10-22(11-16-32)28(34)35)17-25(20)27(33)31-19-29-12-2-5-21(18-29)6-3-13-29/h4,7-9,14,17,21-22H,2-3,5-6,10-13,15-16,18-19H2,1H3,(H,31,33)(H,34,35). The highest BCUT2D eigenvalue weighted by Crippen LogP contribution is 2.48. The SMILES string of the molecule is Cc1ccc(-c2cccnc2N2CCC(C(=O)O)CC2)cc1C(=O)NCC12CCCC(CCC1)C2. The Hall–Kier alpha value is -2.89. The predicted molar refractivity (Wildman–Crippen MR) is 138 cm³/mol. The lowest BCUT2D eigenvalue weighted by Gasteiger charge is -2.45. The lowest BCUT2D eigenvalue weighted by atomic mass is 9.62. The quantitative estimate of drug-likeness (QED) is 0.581. The van der Waals surface area contributed by atoms with Crippen LogP contribution in [0.4, 0.5) is 5.82 Å². The zero-order valence-corrected chi connectivity index (χ0v) is 20.8. The Morgan fingerprint density at radius 1 is 1.11 bits per heavy atom. The van der Waals surface area contributed by atoms with Crippen LogP contribution < -0.4 is 10.2 Å². The summed E-state index contributed by atoms with van der Waals surface area (Å²) in [5.74, 6) is 0.733. The van der Waals surface area contributed by atoms with E-state index in [-0.39, 0.29) is 11.8 Å². The minimum absolute atomic E-state index is 0.0131. The fraction of sp³-hybridized carbons (Fsp3) is 0.552. The van der Waals surface area contributed by atoms with E-state index in [4.69, 9.17) is 0 Å². The lowest BCUT2D eigenvalue weighted by Crippen LogP contribution is -2.43. The van der Waals surface area contributed by atoms with Crippen molar-refractivity contribution in [2.75, 3.05) is 24.5 Å². The lowest BCUT2D eigenvalue weighted by molar-refractivity contribution is -0.142. The maximum Gasteiger partial charge on any atom is 0.306 e. The van der Waals surface area contributed by atoms with E-state index >= 15 is 0 Å². The summed E-state index contributed by atoms with van der Waals surface area (Å²) < 4.78 is 0. The zero-order valence-electron chi connectivity index (χ0n) is 20.8. The van der Waals surface area contributed by atoms with E-state index in [0.29, 0.717) is 31.3 Å². The summed E-state index contributed by atoms with van der Waals surface area (Å²) in [6.45, 7) is 4.12. The molecule has 6 nitrogen and oxygen atoms in total. The third-order valence-corrected chi connectivity index (χ3v) is 8.71. The molecule has 2 saturated carbocycles. The van der Waals surface area contributed by atoms with Crippen LogP contribution in [0.3, 0.4) is 0 Å². The minimum Gasteiger partial charge on any atom is -0.481 e. The summed E-state index contributed by atoms with van der Waals surface area (Å²) in [6, 6.07) is 10.0. The topological polar surface area (TPSA) is 82.5 Å². The van der Waals surface area contributed by atoms with Gasteiger partial charge in [-0.3, -0.25) is 9.59 Å². The fourth-order valence-corrected chi connectivity index (χ4v) is 6.68. The maximum absolute atomic E-state index is 13.3. The van der Waals surface area contributed by atoms with Crippen LogP contribution in [-0.2, 0) is 4.79 Å². The maximum atomic E-state index is 13.3. The van der Waals surface area contributed by atoms with Crippen molar-refractivity contribution in [2.24, 2.45) is 17.3 Å². The van der Waals surface area contributed by atoms with Crippen LogP contribution in [0, 0.1) is 24.2 Å². The molecule has 186 valence electrons. The number of carboxylic acid groups (broad SMARTS) is 1. The normalized spacial score (nSPS) is 24.7. The number of nitrogens with one attached hydrogen (secondary N) is 1. The van der Waals surface area contributed by atoms with Crippen molar-refractivity contribution >= 4 is 17.7 Å². The van der Waals surface area contributed by atoms with Gasteiger partial charge in [-0.05, 0) is 79.7 Å². The molecule has 0 spiro atoms. The van der Waals surface area contributed by atoms with Crippen molar-refractivity contribution in [1.29, 1.82) is 0 Å². The van der Waals surface area contributed by atoms with Gasteiger partial charge in [-0.1, -0.05) is 37.8 Å². The van der Waals surface area contributed by atoms with Crippen molar-refractivity contribution in [3.63, 3.8) is 0 Å². The van der Waals surface area contributed by atoms with Gasteiger partial charge in [0.25, 0.3) is 5.91 Å². The van der Waals surface area contributed by atoms with Crippen LogP contribution in [-0.4, -0.2) is 41.6 Å². The molecule has 1 saturated heterocycles. The number of carbonyl (C=O) groups excluding carboxylic acids is 1. The summed E-state index contributed by atoms with van der Waals surface area (Å²) >= 11 is 0. The Morgan fingerprint density at radius 3 is 2.57 bits per heavy atom. The molecule has 2 heterocycles. The van der Waals surface area contributed by atoms with Crippen LogP contribution in [0.2, 0.25) is 0 Å². The molecule has 5 rings (SSSR count). The number of carbonyl (C=O) groups is 2. The highest BCUT2D eigenvalue weighted by Gasteiger charge is 2.39. The predicted octanol–water partition coefficient (Wildman–Crippen LogP) is 5.45. The van der Waals surface area contributed by atoms with E-state index in [1.807, 2.05) is 31.2 Å². The Kier molecular flexibility index (Phi) is 6.81. The third-order valence-electron chi connectivity index (χ3n) is 8.71. The second-order valence-electron chi connectivity index (χ2n) is 11.0. The number of hydrogen-bond acceptors (Lipinski definition) is 4. The molecule has 0 unspecified atom stereocenters. The summed E-state index contributed by atoms with van der Waals surface area (Å²) in [5, 5.41) is 12.6. The molecule has 2 N–H and O–H groups in total. The molecule has 1 amide bonds. The summed E-state index contributed by atoms with van der Waals surface area (Å²) in [5.41, 5.74) is 3.94. The van der Waals surface area contributed by atoms with Crippen molar-refractivity contribution in [3.8, 4) is 11.1 Å². The van der Waals surface area contributed by atoms with E-state index in [9.17, 15) is 14.7 Å². The largest absolute Gasteiger partial charge is 0.481 e. The number of aromatic nitrogens is 1. The van der Waals surface area contributed by atoms with E-state index in [1.54, 1.807) is 6.20 Å². The van der Waals surface area contributed by atoms with Crippen LogP contribution in [0.25, 0.3) is 11.1 Å². The van der Waals surface area contributed by atoms with Gasteiger partial charge < -0.3 is 15.3 Å². The molecule has 3 fully saturated rings. The zero-order chi connectivity index (χ0) is 24.4. The first-order chi connectivity index (χ1) is 16.9. The van der Waals surface area contributed by atoms with Gasteiger partial charge in [0.2, 0.25) is 0 Å². The van der Waals surface area contributed by atoms with Gasteiger partial charge in [-0.25, -0.2) is 4.98 Å². The summed E-state index contributed by atoms with van der Waals surface area (Å²) in [4.78, 5) is 31.5. The molecule has 35 heavy (non-hydrogen) atoms. The molecule has 1 aliphatic heterocycles. The van der Waals surface area contributed by atoms with Gasteiger partial charge in [0, 0.05) is 37.0 Å². The van der Waals surface area contributed by atoms with Crippen molar-refractivity contribution in [3.05, 3.63) is 47.7 Å². The molecule has 1 aromatic carbocycles. The smallest absolute Gasteiger partial charge is 0.306 e. The number of aryl methyl sites for hydroxylation is 1. The van der Waals surface area contributed by atoms with Crippen molar-refractivity contribution < 1.29 is 14.7 Å². The number of pyridine rings is 1. The van der Waals surface area contributed by atoms with Gasteiger partial charge in [0.1, 0.15) is 5.82 Å². The number of rotatable bonds is 6. The molecule has 6 heteroatoms. The van der Waals surface area contributed by atoms with Crippen LogP contribution in [0.5, 0.6) is 0 Å². The second-order valence-corrected chi connectivity index (χ2v) is 11.0. The molecule has 0 atom stereocenters. The molecule has 0 radical (unpaired) electrons. The third kappa shape index (κ3) is 5.07. The number of carboxylic acids is 1. The second kappa shape index (κ2) is 10.00. The number of aliphatic carboxylic acids is 1. The minimum atomic E-state index is -0.711. The highest BCUT2D eigenvalue weighted by atomic mass is 16.4. The molecule has 3 aliphatic rings. The number of nitrogens with zero attached hydrogens (tertiary/aromatic N) is 2. The number of piperidine rings is 1. The van der Waals surface area contributed by atoms with E-state index in [1.165, 1.54) is 44.9 Å². The van der Waals surface area contributed by atoms with E-state index < -0.39 is 5.97 Å². The average molecular weight is 476 g/mol. The number of fused-ring (bicyclic) bond motifs is 2. The van der Waals surface area contributed by atoms with Gasteiger partial charge in [-0.15, -0.1) is 0 Å². The number of anilines is 1. The van der Waals surface area contributed by atoms with Crippen molar-refractivity contribution in [1.82, 2.24) is 10.3 Å². The van der Waals surface area contributed by atoms with Crippen LogP contribution >= 0.6 is 0 Å². The monoisotopic (exact) mass is 475 g/mol. The van der Waals surface area contributed by atoms with Gasteiger partial charge in [0.05, 0.1) is 5.92 Å². The van der Waals surface area contributed by atoms with E-state index in [0.717, 1.165) is 40.5 Å².